The van der Waals surface area contributed by atoms with Crippen molar-refractivity contribution in [2.75, 3.05) is 20.1 Å². The van der Waals surface area contributed by atoms with Gasteiger partial charge >= 0.3 is 0 Å². The van der Waals surface area contributed by atoms with Crippen molar-refractivity contribution in [1.82, 2.24) is 15.2 Å². The molecule has 88 valence electrons. The smallest absolute Gasteiger partial charge is 0.0543 e. The van der Waals surface area contributed by atoms with Crippen molar-refractivity contribution in [3.05, 3.63) is 30.1 Å². The number of hydrogen-bond donors (Lipinski definition) is 1. The zero-order valence-electron chi connectivity index (χ0n) is 10.2. The molecule has 0 radical (unpaired) electrons. The predicted molar refractivity (Wildman–Crippen MR) is 66.2 cm³/mol. The van der Waals surface area contributed by atoms with Crippen LogP contribution in [0.3, 0.4) is 0 Å². The summed E-state index contributed by atoms with van der Waals surface area (Å²) in [6.45, 7) is 5.49. The van der Waals surface area contributed by atoms with E-state index in [0.29, 0.717) is 5.54 Å². The number of aromatic nitrogens is 1. The maximum Gasteiger partial charge on any atom is 0.0543 e. The van der Waals surface area contributed by atoms with Gasteiger partial charge < -0.3 is 5.32 Å². The topological polar surface area (TPSA) is 28.2 Å². The van der Waals surface area contributed by atoms with Gasteiger partial charge in [-0.1, -0.05) is 6.07 Å². The van der Waals surface area contributed by atoms with Crippen molar-refractivity contribution in [3.8, 4) is 0 Å². The molecule has 0 aromatic carbocycles. The second kappa shape index (κ2) is 4.93. The highest BCUT2D eigenvalue weighted by Crippen LogP contribution is 2.19. The van der Waals surface area contributed by atoms with Gasteiger partial charge in [-0.2, -0.15) is 0 Å². The first-order chi connectivity index (χ1) is 7.68. The second-order valence-corrected chi connectivity index (χ2v) is 5.08. The third-order valence-corrected chi connectivity index (χ3v) is 3.23. The molecular weight excluding hydrogens is 198 g/mol. The number of likely N-dealkylation sites (N-methyl/N-ethyl adjacent to an activating group) is 1. The van der Waals surface area contributed by atoms with Gasteiger partial charge in [0, 0.05) is 24.8 Å². The van der Waals surface area contributed by atoms with Crippen LogP contribution in [0.1, 0.15) is 25.5 Å². The van der Waals surface area contributed by atoms with Crippen LogP contribution in [-0.2, 0) is 6.54 Å². The van der Waals surface area contributed by atoms with E-state index in [0.717, 1.165) is 25.3 Å². The molecule has 1 aliphatic heterocycles. The van der Waals surface area contributed by atoms with Crippen LogP contribution in [0.4, 0.5) is 0 Å². The average Bonchev–Trinajstić information content (AvgIpc) is 2.66. The number of hydrogen-bond acceptors (Lipinski definition) is 3. The molecule has 1 fully saturated rings. The monoisotopic (exact) mass is 219 g/mol. The third kappa shape index (κ3) is 3.03. The van der Waals surface area contributed by atoms with Gasteiger partial charge in [0.25, 0.3) is 0 Å². The Kier molecular flexibility index (Phi) is 3.56. The summed E-state index contributed by atoms with van der Waals surface area (Å²) in [5.41, 5.74) is 1.44. The first kappa shape index (κ1) is 11.6. The Balaban J connectivity index is 1.86. The standard InChI is InChI=1S/C13H21N3/c1-13(7-5-9-15-13)11-16(2)10-12-6-3-4-8-14-12/h3-4,6,8,15H,5,7,9-11H2,1-2H3. The van der Waals surface area contributed by atoms with Crippen molar-refractivity contribution in [2.45, 2.75) is 31.8 Å². The van der Waals surface area contributed by atoms with Gasteiger partial charge in [0.1, 0.15) is 0 Å². The zero-order chi connectivity index (χ0) is 11.4. The molecule has 0 spiro atoms. The summed E-state index contributed by atoms with van der Waals surface area (Å²) in [5, 5.41) is 3.59. The number of pyridine rings is 1. The van der Waals surface area contributed by atoms with E-state index in [1.54, 1.807) is 0 Å². The van der Waals surface area contributed by atoms with Gasteiger partial charge in [0.15, 0.2) is 0 Å². The first-order valence-corrected chi connectivity index (χ1v) is 6.01. The molecule has 3 heteroatoms. The van der Waals surface area contributed by atoms with E-state index >= 15 is 0 Å². The highest BCUT2D eigenvalue weighted by molar-refractivity contribution is 5.03. The molecule has 0 amide bonds. The van der Waals surface area contributed by atoms with Gasteiger partial charge in [-0.05, 0) is 45.5 Å². The van der Waals surface area contributed by atoms with Crippen molar-refractivity contribution in [1.29, 1.82) is 0 Å². The minimum atomic E-state index is 0.295. The van der Waals surface area contributed by atoms with Crippen LogP contribution >= 0.6 is 0 Å². The predicted octanol–water partition coefficient (Wildman–Crippen LogP) is 1.66. The lowest BCUT2D eigenvalue weighted by molar-refractivity contribution is 0.232. The quantitative estimate of drug-likeness (QED) is 0.834. The minimum Gasteiger partial charge on any atom is -0.310 e. The summed E-state index contributed by atoms with van der Waals surface area (Å²) in [6, 6.07) is 6.09. The van der Waals surface area contributed by atoms with E-state index in [1.807, 2.05) is 18.3 Å². The fraction of sp³-hybridized carbons (Fsp3) is 0.615. The summed E-state index contributed by atoms with van der Waals surface area (Å²) >= 11 is 0. The van der Waals surface area contributed by atoms with Crippen LogP contribution < -0.4 is 5.32 Å². The van der Waals surface area contributed by atoms with Crippen molar-refractivity contribution in [3.63, 3.8) is 0 Å². The largest absolute Gasteiger partial charge is 0.310 e. The molecule has 1 unspecified atom stereocenters. The second-order valence-electron chi connectivity index (χ2n) is 5.08. The molecule has 3 nitrogen and oxygen atoms in total. The van der Waals surface area contributed by atoms with Crippen LogP contribution in [0.25, 0.3) is 0 Å². The van der Waals surface area contributed by atoms with E-state index in [4.69, 9.17) is 0 Å². The number of nitrogens with zero attached hydrogens (tertiary/aromatic N) is 2. The maximum absolute atomic E-state index is 4.35. The normalized spacial score (nSPS) is 25.2. The summed E-state index contributed by atoms with van der Waals surface area (Å²) in [4.78, 5) is 6.70. The van der Waals surface area contributed by atoms with E-state index in [-0.39, 0.29) is 0 Å². The molecule has 1 aromatic heterocycles. The lowest BCUT2D eigenvalue weighted by atomic mass is 10.00. The molecular formula is C13H21N3. The molecule has 1 saturated heterocycles. The van der Waals surface area contributed by atoms with E-state index in [2.05, 4.69) is 35.2 Å². The van der Waals surface area contributed by atoms with Crippen LogP contribution in [0.5, 0.6) is 0 Å². The molecule has 2 heterocycles. The molecule has 1 N–H and O–H groups in total. The Morgan fingerprint density at radius 3 is 3.00 bits per heavy atom. The van der Waals surface area contributed by atoms with Crippen molar-refractivity contribution >= 4 is 0 Å². The molecule has 1 aliphatic rings. The van der Waals surface area contributed by atoms with Crippen LogP contribution in [-0.4, -0.2) is 35.6 Å². The molecule has 0 saturated carbocycles. The average molecular weight is 219 g/mol. The Morgan fingerprint density at radius 1 is 1.50 bits per heavy atom. The third-order valence-electron chi connectivity index (χ3n) is 3.23. The lowest BCUT2D eigenvalue weighted by Crippen LogP contribution is -2.46. The molecule has 1 aromatic rings. The Bertz CT molecular complexity index is 317. The number of nitrogens with one attached hydrogen (secondary N) is 1. The van der Waals surface area contributed by atoms with Gasteiger partial charge in [-0.3, -0.25) is 9.88 Å². The summed E-state index contributed by atoms with van der Waals surface area (Å²) in [6.07, 6.45) is 4.44. The fourth-order valence-corrected chi connectivity index (χ4v) is 2.51. The van der Waals surface area contributed by atoms with Crippen LogP contribution in [0.15, 0.2) is 24.4 Å². The highest BCUT2D eigenvalue weighted by Gasteiger charge is 2.28. The van der Waals surface area contributed by atoms with Gasteiger partial charge in [0.05, 0.1) is 5.69 Å². The maximum atomic E-state index is 4.35. The minimum absolute atomic E-state index is 0.295. The van der Waals surface area contributed by atoms with Crippen molar-refractivity contribution < 1.29 is 0 Å². The zero-order valence-corrected chi connectivity index (χ0v) is 10.2. The highest BCUT2D eigenvalue weighted by atomic mass is 15.2. The van der Waals surface area contributed by atoms with Crippen LogP contribution in [0.2, 0.25) is 0 Å². The number of rotatable bonds is 4. The lowest BCUT2D eigenvalue weighted by Gasteiger charge is -2.30. The van der Waals surface area contributed by atoms with Gasteiger partial charge in [-0.25, -0.2) is 0 Å². The van der Waals surface area contributed by atoms with E-state index < -0.39 is 0 Å². The SMILES string of the molecule is CN(Cc1ccccn1)CC1(C)CCCN1. The Morgan fingerprint density at radius 2 is 2.38 bits per heavy atom. The summed E-state index contributed by atoms with van der Waals surface area (Å²) in [7, 11) is 2.17. The van der Waals surface area contributed by atoms with E-state index in [1.165, 1.54) is 12.8 Å². The van der Waals surface area contributed by atoms with Crippen LogP contribution in [0, 0.1) is 0 Å². The first-order valence-electron chi connectivity index (χ1n) is 6.01. The molecule has 0 bridgehead atoms. The molecule has 2 rings (SSSR count). The van der Waals surface area contributed by atoms with Crippen molar-refractivity contribution in [2.24, 2.45) is 0 Å². The van der Waals surface area contributed by atoms with E-state index in [9.17, 15) is 0 Å². The van der Waals surface area contributed by atoms with Gasteiger partial charge in [-0.15, -0.1) is 0 Å². The molecule has 16 heavy (non-hydrogen) atoms. The van der Waals surface area contributed by atoms with Gasteiger partial charge in [0.2, 0.25) is 0 Å². The Hall–Kier alpha value is -0.930. The Labute approximate surface area is 97.9 Å². The fourth-order valence-electron chi connectivity index (χ4n) is 2.51. The summed E-state index contributed by atoms with van der Waals surface area (Å²) in [5.74, 6) is 0. The molecule has 1 atom stereocenters. The molecule has 0 aliphatic carbocycles. The summed E-state index contributed by atoms with van der Waals surface area (Å²) < 4.78 is 0.